The van der Waals surface area contributed by atoms with Gasteiger partial charge in [-0.25, -0.2) is 0 Å². The molecule has 0 bridgehead atoms. The first-order chi connectivity index (χ1) is 10.6. The molecule has 3 rings (SSSR count). The maximum atomic E-state index is 11.6. The molecular formula is C16H15BrClNO2S. The smallest absolute Gasteiger partial charge is 0.320 e. The van der Waals surface area contributed by atoms with E-state index < -0.39 is 12.0 Å². The predicted octanol–water partition coefficient (Wildman–Crippen LogP) is 4.80. The minimum Gasteiger partial charge on any atom is -0.480 e. The maximum absolute atomic E-state index is 11.6. The number of carbonyl (C=O) groups is 1. The number of benzene rings is 1. The molecule has 2 aromatic rings. The Morgan fingerprint density at radius 1 is 1.41 bits per heavy atom. The highest BCUT2D eigenvalue weighted by molar-refractivity contribution is 9.11. The summed E-state index contributed by atoms with van der Waals surface area (Å²) in [5.41, 5.74) is 1.04. The average Bonchev–Trinajstić information content (AvgIpc) is 3.09. The Labute approximate surface area is 146 Å². The van der Waals surface area contributed by atoms with Crippen molar-refractivity contribution in [1.29, 1.82) is 0 Å². The van der Waals surface area contributed by atoms with Gasteiger partial charge in [-0.2, -0.15) is 0 Å². The van der Waals surface area contributed by atoms with Crippen molar-refractivity contribution in [2.75, 3.05) is 6.54 Å². The normalized spacial score (nSPS) is 20.2. The summed E-state index contributed by atoms with van der Waals surface area (Å²) >= 11 is 11.3. The van der Waals surface area contributed by atoms with E-state index in [1.165, 1.54) is 0 Å². The zero-order valence-electron chi connectivity index (χ0n) is 11.7. The summed E-state index contributed by atoms with van der Waals surface area (Å²) in [5, 5.41) is 10.2. The highest BCUT2D eigenvalue weighted by Gasteiger charge is 2.37. The molecule has 1 N–H and O–H groups in total. The number of aliphatic carboxylic acids is 1. The molecule has 0 saturated carbocycles. The molecule has 6 heteroatoms. The van der Waals surface area contributed by atoms with Crippen molar-refractivity contribution in [3.63, 3.8) is 0 Å². The molecular weight excluding hydrogens is 386 g/mol. The lowest BCUT2D eigenvalue weighted by Gasteiger charge is -2.31. The molecule has 2 atom stereocenters. The first kappa shape index (κ1) is 16.0. The quantitative estimate of drug-likeness (QED) is 0.801. The maximum Gasteiger partial charge on any atom is 0.320 e. The molecule has 2 unspecified atom stereocenters. The number of likely N-dealkylation sites (tertiary alicyclic amines) is 1. The molecule has 1 aromatic heterocycles. The molecule has 1 aromatic carbocycles. The fraction of sp³-hybridized carbons (Fsp3) is 0.312. The second-order valence-corrected chi connectivity index (χ2v) is 8.26. The van der Waals surface area contributed by atoms with Crippen molar-refractivity contribution >= 4 is 44.8 Å². The van der Waals surface area contributed by atoms with Gasteiger partial charge in [-0.1, -0.05) is 23.7 Å². The number of hydrogen-bond acceptors (Lipinski definition) is 3. The second-order valence-electron chi connectivity index (χ2n) is 5.33. The van der Waals surface area contributed by atoms with E-state index in [-0.39, 0.29) is 6.04 Å². The van der Waals surface area contributed by atoms with E-state index in [4.69, 9.17) is 11.6 Å². The molecule has 0 amide bonds. The van der Waals surface area contributed by atoms with Crippen LogP contribution >= 0.6 is 38.9 Å². The first-order valence-electron chi connectivity index (χ1n) is 7.05. The van der Waals surface area contributed by atoms with Crippen molar-refractivity contribution in [2.24, 2.45) is 0 Å². The number of halogens is 2. The Hall–Kier alpha value is -0.880. The van der Waals surface area contributed by atoms with E-state index in [9.17, 15) is 9.90 Å². The van der Waals surface area contributed by atoms with Gasteiger partial charge < -0.3 is 5.11 Å². The number of carboxylic acids is 1. The van der Waals surface area contributed by atoms with Gasteiger partial charge in [0.25, 0.3) is 0 Å². The topological polar surface area (TPSA) is 40.5 Å². The largest absolute Gasteiger partial charge is 0.480 e. The summed E-state index contributed by atoms with van der Waals surface area (Å²) < 4.78 is 1.04. The van der Waals surface area contributed by atoms with Crippen LogP contribution in [0, 0.1) is 0 Å². The summed E-state index contributed by atoms with van der Waals surface area (Å²) in [6, 6.07) is 11.2. The highest BCUT2D eigenvalue weighted by Crippen LogP contribution is 2.39. The van der Waals surface area contributed by atoms with Gasteiger partial charge in [0.2, 0.25) is 0 Å². The monoisotopic (exact) mass is 399 g/mol. The lowest BCUT2D eigenvalue weighted by molar-refractivity contribution is -0.142. The molecule has 3 nitrogen and oxygen atoms in total. The van der Waals surface area contributed by atoms with Crippen LogP contribution in [0.4, 0.5) is 0 Å². The first-order valence-corrected chi connectivity index (χ1v) is 9.04. The van der Waals surface area contributed by atoms with E-state index in [1.54, 1.807) is 11.3 Å². The minimum atomic E-state index is -0.750. The lowest BCUT2D eigenvalue weighted by atomic mass is 10.0. The summed E-state index contributed by atoms with van der Waals surface area (Å²) in [6.45, 7) is 0.781. The Morgan fingerprint density at radius 2 is 2.23 bits per heavy atom. The van der Waals surface area contributed by atoms with Gasteiger partial charge in [-0.15, -0.1) is 11.3 Å². The van der Waals surface area contributed by atoms with E-state index >= 15 is 0 Å². The van der Waals surface area contributed by atoms with Crippen LogP contribution in [0.2, 0.25) is 5.02 Å². The van der Waals surface area contributed by atoms with E-state index in [0.717, 1.165) is 27.2 Å². The molecule has 0 spiro atoms. The summed E-state index contributed by atoms with van der Waals surface area (Å²) in [4.78, 5) is 14.8. The number of nitrogens with zero attached hydrogens (tertiary/aromatic N) is 1. The molecule has 1 saturated heterocycles. The van der Waals surface area contributed by atoms with Gasteiger partial charge in [-0.05, 0) is 58.6 Å². The van der Waals surface area contributed by atoms with Crippen LogP contribution in [0.1, 0.15) is 29.3 Å². The highest BCUT2D eigenvalue weighted by atomic mass is 79.9. The number of hydrogen-bond donors (Lipinski definition) is 1. The number of rotatable bonds is 4. The summed E-state index contributed by atoms with van der Waals surface area (Å²) in [7, 11) is 0. The molecule has 22 heavy (non-hydrogen) atoms. The third kappa shape index (κ3) is 3.23. The van der Waals surface area contributed by atoms with Crippen molar-refractivity contribution in [3.05, 3.63) is 55.6 Å². The van der Waals surface area contributed by atoms with E-state index in [2.05, 4.69) is 26.9 Å². The Balaban J connectivity index is 2.05. The van der Waals surface area contributed by atoms with Gasteiger partial charge >= 0.3 is 5.97 Å². The average molecular weight is 401 g/mol. The van der Waals surface area contributed by atoms with Crippen LogP contribution in [0.5, 0.6) is 0 Å². The fourth-order valence-corrected chi connectivity index (χ4v) is 4.81. The standard InChI is InChI=1S/C16H15BrClNO2S/c17-14-7-6-13(22-14)15(10-3-1-4-11(18)9-10)19-8-2-5-12(19)16(20)21/h1,3-4,6-7,9,12,15H,2,5,8H2,(H,20,21). The van der Waals surface area contributed by atoms with Crippen LogP contribution < -0.4 is 0 Å². The van der Waals surface area contributed by atoms with Crippen LogP contribution in [0.3, 0.4) is 0 Å². The van der Waals surface area contributed by atoms with Crippen molar-refractivity contribution in [2.45, 2.75) is 24.9 Å². The zero-order chi connectivity index (χ0) is 15.7. The predicted molar refractivity (Wildman–Crippen MR) is 92.7 cm³/mol. The second kappa shape index (κ2) is 6.71. The van der Waals surface area contributed by atoms with Gasteiger partial charge in [0.15, 0.2) is 0 Å². The van der Waals surface area contributed by atoms with Crippen LogP contribution in [0.15, 0.2) is 40.2 Å². The molecule has 1 aliphatic heterocycles. The van der Waals surface area contributed by atoms with Gasteiger partial charge in [-0.3, -0.25) is 9.69 Å². The third-order valence-corrected chi connectivity index (χ3v) is 5.85. The van der Waals surface area contributed by atoms with Crippen LogP contribution in [-0.4, -0.2) is 28.6 Å². The van der Waals surface area contributed by atoms with Gasteiger partial charge in [0.1, 0.15) is 6.04 Å². The van der Waals surface area contributed by atoms with E-state index in [1.807, 2.05) is 30.3 Å². The van der Waals surface area contributed by atoms with Crippen molar-refractivity contribution in [1.82, 2.24) is 4.90 Å². The Kier molecular flexibility index (Phi) is 4.88. The molecule has 0 aliphatic carbocycles. The molecule has 0 radical (unpaired) electrons. The van der Waals surface area contributed by atoms with Gasteiger partial charge in [0.05, 0.1) is 9.83 Å². The number of carboxylic acid groups (broad SMARTS) is 1. The third-order valence-electron chi connectivity index (χ3n) is 3.94. The van der Waals surface area contributed by atoms with Crippen LogP contribution in [0.25, 0.3) is 0 Å². The Bertz CT molecular complexity index is 690. The lowest BCUT2D eigenvalue weighted by Crippen LogP contribution is -2.39. The fourth-order valence-electron chi connectivity index (χ4n) is 3.03. The van der Waals surface area contributed by atoms with E-state index in [0.29, 0.717) is 11.4 Å². The zero-order valence-corrected chi connectivity index (χ0v) is 14.9. The van der Waals surface area contributed by atoms with Crippen molar-refractivity contribution < 1.29 is 9.90 Å². The Morgan fingerprint density at radius 3 is 2.86 bits per heavy atom. The molecule has 116 valence electrons. The molecule has 1 fully saturated rings. The van der Waals surface area contributed by atoms with Crippen molar-refractivity contribution in [3.8, 4) is 0 Å². The molecule has 1 aliphatic rings. The molecule has 2 heterocycles. The summed E-state index contributed by atoms with van der Waals surface area (Å²) in [6.07, 6.45) is 1.60. The SMILES string of the molecule is O=C(O)C1CCCN1C(c1cccc(Cl)c1)c1ccc(Br)s1. The van der Waals surface area contributed by atoms with Crippen LogP contribution in [-0.2, 0) is 4.79 Å². The van der Waals surface area contributed by atoms with Gasteiger partial charge in [0, 0.05) is 16.4 Å². The summed E-state index contributed by atoms with van der Waals surface area (Å²) in [5.74, 6) is -0.750. The number of thiophene rings is 1. The minimum absolute atomic E-state index is 0.0707.